The molecule has 0 radical (unpaired) electrons. The first kappa shape index (κ1) is 36.2. The number of nitrogens with zero attached hydrogens (tertiary/aromatic N) is 1. The highest BCUT2D eigenvalue weighted by atomic mass is 16.6. The number of hydrogen-bond acceptors (Lipinski definition) is 8. The van der Waals surface area contributed by atoms with Crippen LogP contribution in [-0.2, 0) is 40.1 Å². The molecule has 1 aromatic rings. The van der Waals surface area contributed by atoms with E-state index in [1.54, 1.807) is 20.8 Å². The number of rotatable bonds is 14. The molecule has 0 aromatic heterocycles. The standard InChI is InChI=1S/C32H48N4O8/c1-20(2)13-23(16-33-27(38)15-28(39)44-32(5,6)7)30(41)36-17-25(26(37)18-36)34-29(40)24(14-21(3)4)35-31(42)43-19-22-11-9-8-10-12-22/h8-12,20-21,23-25H,13-19H2,1-7H3,(H,33,38)(H,34,40)(H,35,42)/t23-,24-,25?/m0/s1. The van der Waals surface area contributed by atoms with Gasteiger partial charge >= 0.3 is 12.1 Å². The van der Waals surface area contributed by atoms with Crippen molar-refractivity contribution in [3.05, 3.63) is 35.9 Å². The molecule has 1 fully saturated rings. The summed E-state index contributed by atoms with van der Waals surface area (Å²) in [5.74, 6) is -2.90. The van der Waals surface area contributed by atoms with Crippen LogP contribution in [0.5, 0.6) is 0 Å². The Morgan fingerprint density at radius 3 is 2.20 bits per heavy atom. The average molecular weight is 617 g/mol. The smallest absolute Gasteiger partial charge is 0.408 e. The number of nitrogens with one attached hydrogen (secondary N) is 3. The molecule has 2 rings (SSSR count). The molecule has 12 nitrogen and oxygen atoms in total. The summed E-state index contributed by atoms with van der Waals surface area (Å²) in [5, 5.41) is 7.93. The largest absolute Gasteiger partial charge is 0.460 e. The number of hydrogen-bond donors (Lipinski definition) is 3. The maximum Gasteiger partial charge on any atom is 0.408 e. The topological polar surface area (TPSA) is 160 Å². The van der Waals surface area contributed by atoms with E-state index in [4.69, 9.17) is 9.47 Å². The second kappa shape index (κ2) is 16.8. The van der Waals surface area contributed by atoms with Crippen molar-refractivity contribution in [2.24, 2.45) is 17.8 Å². The van der Waals surface area contributed by atoms with E-state index in [9.17, 15) is 28.8 Å². The predicted molar refractivity (Wildman–Crippen MR) is 163 cm³/mol. The minimum atomic E-state index is -0.940. The van der Waals surface area contributed by atoms with Crippen LogP contribution < -0.4 is 16.0 Å². The normalized spacial score (nSPS) is 16.3. The number of Topliss-reactive ketones (excluding diaryl/α,β-unsaturated/α-hetero) is 1. The van der Waals surface area contributed by atoms with E-state index in [1.807, 2.05) is 58.0 Å². The minimum absolute atomic E-state index is 0.00810. The molecular weight excluding hydrogens is 568 g/mol. The number of carbonyl (C=O) groups is 6. The fraction of sp³-hybridized carbons (Fsp3) is 0.625. The van der Waals surface area contributed by atoms with Gasteiger partial charge in [-0.1, -0.05) is 58.0 Å². The molecule has 1 aliphatic heterocycles. The quantitative estimate of drug-likeness (QED) is 0.213. The van der Waals surface area contributed by atoms with Gasteiger partial charge in [0, 0.05) is 13.1 Å². The summed E-state index contributed by atoms with van der Waals surface area (Å²) < 4.78 is 10.4. The highest BCUT2D eigenvalue weighted by molar-refractivity contribution is 5.98. The van der Waals surface area contributed by atoms with Crippen LogP contribution in [0.3, 0.4) is 0 Å². The van der Waals surface area contributed by atoms with E-state index >= 15 is 0 Å². The monoisotopic (exact) mass is 616 g/mol. The maximum absolute atomic E-state index is 13.4. The zero-order chi connectivity index (χ0) is 33.0. The molecule has 12 heteroatoms. The molecule has 0 spiro atoms. The van der Waals surface area contributed by atoms with E-state index in [2.05, 4.69) is 16.0 Å². The van der Waals surface area contributed by atoms with E-state index in [0.29, 0.717) is 12.8 Å². The Labute approximate surface area is 260 Å². The zero-order valence-electron chi connectivity index (χ0n) is 26.9. The summed E-state index contributed by atoms with van der Waals surface area (Å²) in [4.78, 5) is 77.6. The molecule has 1 aliphatic rings. The number of benzene rings is 1. The number of ketones is 1. The summed E-state index contributed by atoms with van der Waals surface area (Å²) in [6.07, 6.45) is -0.468. The third-order valence-electron chi connectivity index (χ3n) is 6.67. The zero-order valence-corrected chi connectivity index (χ0v) is 26.9. The van der Waals surface area contributed by atoms with Crippen LogP contribution in [0.25, 0.3) is 0 Å². The Kier molecular flexibility index (Phi) is 13.8. The average Bonchev–Trinajstić information content (AvgIpc) is 3.27. The van der Waals surface area contributed by atoms with Crippen molar-refractivity contribution >= 4 is 35.6 Å². The second-order valence-corrected chi connectivity index (χ2v) is 13.0. The van der Waals surface area contributed by atoms with Gasteiger partial charge < -0.3 is 30.3 Å². The molecule has 44 heavy (non-hydrogen) atoms. The van der Waals surface area contributed by atoms with Crippen molar-refractivity contribution in [1.82, 2.24) is 20.9 Å². The van der Waals surface area contributed by atoms with Crippen LogP contribution >= 0.6 is 0 Å². The van der Waals surface area contributed by atoms with Gasteiger partial charge in [0.25, 0.3) is 0 Å². The van der Waals surface area contributed by atoms with Gasteiger partial charge in [-0.05, 0) is 51.0 Å². The van der Waals surface area contributed by atoms with Crippen molar-refractivity contribution < 1.29 is 38.2 Å². The number of carbonyl (C=O) groups excluding carboxylic acids is 6. The lowest BCUT2D eigenvalue weighted by Crippen LogP contribution is -2.52. The van der Waals surface area contributed by atoms with E-state index in [1.165, 1.54) is 4.90 Å². The summed E-state index contributed by atoms with van der Waals surface area (Å²) in [6.45, 7) is 12.6. The van der Waals surface area contributed by atoms with Crippen LogP contribution in [0, 0.1) is 17.8 Å². The molecule has 0 bridgehead atoms. The summed E-state index contributed by atoms with van der Waals surface area (Å²) in [5.41, 5.74) is 0.0744. The lowest BCUT2D eigenvalue weighted by Gasteiger charge is -2.25. The minimum Gasteiger partial charge on any atom is -0.460 e. The predicted octanol–water partition coefficient (Wildman–Crippen LogP) is 2.73. The Morgan fingerprint density at radius 2 is 1.61 bits per heavy atom. The summed E-state index contributed by atoms with van der Waals surface area (Å²) in [7, 11) is 0. The summed E-state index contributed by atoms with van der Waals surface area (Å²) in [6, 6.07) is 7.25. The molecule has 0 aliphatic carbocycles. The second-order valence-electron chi connectivity index (χ2n) is 13.0. The van der Waals surface area contributed by atoms with Crippen LogP contribution in [0.15, 0.2) is 30.3 Å². The van der Waals surface area contributed by atoms with Gasteiger partial charge in [-0.3, -0.25) is 24.0 Å². The number of esters is 1. The van der Waals surface area contributed by atoms with Gasteiger partial charge in [-0.25, -0.2) is 4.79 Å². The van der Waals surface area contributed by atoms with Gasteiger partial charge in [0.1, 0.15) is 30.7 Å². The van der Waals surface area contributed by atoms with Gasteiger partial charge in [0.15, 0.2) is 5.78 Å². The van der Waals surface area contributed by atoms with Crippen molar-refractivity contribution in [3.8, 4) is 0 Å². The van der Waals surface area contributed by atoms with Gasteiger partial charge in [-0.15, -0.1) is 0 Å². The Morgan fingerprint density at radius 1 is 0.977 bits per heavy atom. The molecular formula is C32H48N4O8. The molecule has 0 saturated carbocycles. The third-order valence-corrected chi connectivity index (χ3v) is 6.67. The first-order chi connectivity index (χ1) is 20.5. The van der Waals surface area contributed by atoms with Crippen molar-refractivity contribution in [1.29, 1.82) is 0 Å². The first-order valence-corrected chi connectivity index (χ1v) is 15.1. The van der Waals surface area contributed by atoms with Crippen molar-refractivity contribution in [3.63, 3.8) is 0 Å². The molecule has 244 valence electrons. The van der Waals surface area contributed by atoms with Gasteiger partial charge in [-0.2, -0.15) is 0 Å². The van der Waals surface area contributed by atoms with Crippen LogP contribution in [0.4, 0.5) is 4.79 Å². The Hall–Kier alpha value is -3.96. The van der Waals surface area contributed by atoms with Gasteiger partial charge in [0.05, 0.1) is 12.5 Å². The van der Waals surface area contributed by atoms with E-state index in [-0.39, 0.29) is 49.8 Å². The molecule has 1 aromatic carbocycles. The highest BCUT2D eigenvalue weighted by Crippen LogP contribution is 2.18. The number of ether oxygens (including phenoxy) is 2. The third kappa shape index (κ3) is 13.1. The molecule has 1 unspecified atom stereocenters. The highest BCUT2D eigenvalue weighted by Gasteiger charge is 2.38. The lowest BCUT2D eigenvalue weighted by atomic mass is 9.95. The fourth-order valence-corrected chi connectivity index (χ4v) is 4.77. The SMILES string of the molecule is CC(C)C[C@@H](CNC(=O)CC(=O)OC(C)(C)C)C(=O)N1CC(=O)C(NC(=O)[C@H](CC(C)C)NC(=O)OCc2ccccc2)C1. The Bertz CT molecular complexity index is 1160. The van der Waals surface area contributed by atoms with Crippen LogP contribution in [0.1, 0.15) is 73.3 Å². The van der Waals surface area contributed by atoms with Crippen molar-refractivity contribution in [2.75, 3.05) is 19.6 Å². The van der Waals surface area contributed by atoms with Crippen molar-refractivity contribution in [2.45, 2.75) is 92.0 Å². The van der Waals surface area contributed by atoms with Gasteiger partial charge in [0.2, 0.25) is 17.7 Å². The molecule has 3 atom stereocenters. The van der Waals surface area contributed by atoms with E-state index < -0.39 is 53.9 Å². The van der Waals surface area contributed by atoms with Crippen LogP contribution in [0.2, 0.25) is 0 Å². The molecule has 4 amide bonds. The molecule has 1 heterocycles. The lowest BCUT2D eigenvalue weighted by molar-refractivity contribution is -0.156. The fourth-order valence-electron chi connectivity index (χ4n) is 4.77. The van der Waals surface area contributed by atoms with Crippen LogP contribution in [-0.4, -0.2) is 77.8 Å². The first-order valence-electron chi connectivity index (χ1n) is 15.1. The number of likely N-dealkylation sites (tertiary alicyclic amines) is 1. The number of amides is 4. The Balaban J connectivity index is 1.97. The van der Waals surface area contributed by atoms with E-state index in [0.717, 1.165) is 5.56 Å². The summed E-state index contributed by atoms with van der Waals surface area (Å²) >= 11 is 0. The number of alkyl carbamates (subject to hydrolysis) is 1. The molecule has 1 saturated heterocycles. The molecule has 3 N–H and O–H groups in total. The maximum atomic E-state index is 13.4.